The van der Waals surface area contributed by atoms with Crippen LogP contribution >= 0.6 is 12.6 Å². The Kier molecular flexibility index (Phi) is 7.65. The normalized spacial score (nSPS) is 11.2. The number of rotatable bonds is 6. The molecule has 1 amide bonds. The lowest BCUT2D eigenvalue weighted by molar-refractivity contribution is 0.0527. The summed E-state index contributed by atoms with van der Waals surface area (Å²) in [6.07, 6.45) is 4.15. The summed E-state index contributed by atoms with van der Waals surface area (Å²) in [5.41, 5.74) is -0.407. The second kappa shape index (κ2) is 7.85. The minimum Gasteiger partial charge on any atom is -0.444 e. The van der Waals surface area contributed by atoms with Gasteiger partial charge in [-0.05, 0) is 39.4 Å². The van der Waals surface area contributed by atoms with Gasteiger partial charge < -0.3 is 10.1 Å². The maximum absolute atomic E-state index is 11.2. The number of unbranched alkanes of at least 4 members (excludes halogenated alkanes) is 3. The van der Waals surface area contributed by atoms with Gasteiger partial charge in [0.2, 0.25) is 0 Å². The monoisotopic (exact) mass is 233 g/mol. The van der Waals surface area contributed by atoms with Crippen LogP contribution in [-0.2, 0) is 4.74 Å². The zero-order valence-electron chi connectivity index (χ0n) is 10.0. The van der Waals surface area contributed by atoms with Crippen LogP contribution in [-0.4, -0.2) is 24.0 Å². The number of carbonyl (C=O) groups excluding carboxylic acids is 1. The Morgan fingerprint density at radius 3 is 2.33 bits per heavy atom. The number of amides is 1. The SMILES string of the molecule is CC(C)(C)OC(=O)NCCCCCCS. The van der Waals surface area contributed by atoms with E-state index in [0.29, 0.717) is 6.54 Å². The molecule has 0 spiro atoms. The van der Waals surface area contributed by atoms with Gasteiger partial charge in [0.25, 0.3) is 0 Å². The van der Waals surface area contributed by atoms with Crippen LogP contribution in [0.3, 0.4) is 0 Å². The summed E-state index contributed by atoms with van der Waals surface area (Å²) in [5, 5.41) is 2.74. The van der Waals surface area contributed by atoms with E-state index in [0.717, 1.165) is 25.0 Å². The van der Waals surface area contributed by atoms with Gasteiger partial charge in [0, 0.05) is 6.54 Å². The zero-order chi connectivity index (χ0) is 11.7. The van der Waals surface area contributed by atoms with Crippen molar-refractivity contribution in [3.63, 3.8) is 0 Å². The third-order valence-corrected chi connectivity index (χ3v) is 2.07. The van der Waals surface area contributed by atoms with Gasteiger partial charge in [-0.2, -0.15) is 12.6 Å². The Morgan fingerprint density at radius 2 is 1.80 bits per heavy atom. The second-order valence-electron chi connectivity index (χ2n) is 4.57. The number of hydrogen-bond donors (Lipinski definition) is 2. The summed E-state index contributed by atoms with van der Waals surface area (Å²) in [4.78, 5) is 11.2. The molecule has 0 radical (unpaired) electrons. The molecule has 3 nitrogen and oxygen atoms in total. The lowest BCUT2D eigenvalue weighted by atomic mass is 10.2. The molecule has 0 saturated carbocycles. The van der Waals surface area contributed by atoms with Gasteiger partial charge in [0.15, 0.2) is 0 Å². The fourth-order valence-electron chi connectivity index (χ4n) is 1.09. The van der Waals surface area contributed by atoms with E-state index in [1.54, 1.807) is 0 Å². The highest BCUT2D eigenvalue weighted by molar-refractivity contribution is 7.80. The molecule has 4 heteroatoms. The lowest BCUT2D eigenvalue weighted by Gasteiger charge is -2.19. The second-order valence-corrected chi connectivity index (χ2v) is 5.01. The molecular formula is C11H23NO2S. The zero-order valence-corrected chi connectivity index (χ0v) is 10.9. The van der Waals surface area contributed by atoms with Crippen molar-refractivity contribution < 1.29 is 9.53 Å². The van der Waals surface area contributed by atoms with Gasteiger partial charge in [-0.15, -0.1) is 0 Å². The molecule has 0 bridgehead atoms. The third-order valence-electron chi connectivity index (χ3n) is 1.75. The van der Waals surface area contributed by atoms with Crippen molar-refractivity contribution in [1.82, 2.24) is 5.32 Å². The molecule has 1 N–H and O–H groups in total. The van der Waals surface area contributed by atoms with E-state index in [1.807, 2.05) is 20.8 Å². The largest absolute Gasteiger partial charge is 0.444 e. The van der Waals surface area contributed by atoms with Crippen molar-refractivity contribution in [2.24, 2.45) is 0 Å². The smallest absolute Gasteiger partial charge is 0.407 e. The van der Waals surface area contributed by atoms with Crippen molar-refractivity contribution >= 4 is 18.7 Å². The van der Waals surface area contributed by atoms with Gasteiger partial charge in [-0.25, -0.2) is 4.79 Å². The average molecular weight is 233 g/mol. The molecule has 0 aromatic heterocycles. The Morgan fingerprint density at radius 1 is 1.20 bits per heavy atom. The number of nitrogens with one attached hydrogen (secondary N) is 1. The standard InChI is InChI=1S/C11H23NO2S/c1-11(2,3)14-10(13)12-8-6-4-5-7-9-15/h15H,4-9H2,1-3H3,(H,12,13). The molecule has 0 heterocycles. The molecule has 15 heavy (non-hydrogen) atoms. The van der Waals surface area contributed by atoms with E-state index in [-0.39, 0.29) is 6.09 Å². The number of carbonyl (C=O) groups is 1. The molecule has 0 unspecified atom stereocenters. The van der Waals surface area contributed by atoms with Gasteiger partial charge in [0.1, 0.15) is 5.60 Å². The van der Waals surface area contributed by atoms with Crippen LogP contribution in [0.2, 0.25) is 0 Å². The van der Waals surface area contributed by atoms with Crippen LogP contribution in [0.5, 0.6) is 0 Å². The summed E-state index contributed by atoms with van der Waals surface area (Å²) < 4.78 is 5.10. The first-order valence-corrected chi connectivity index (χ1v) is 6.16. The Hall–Kier alpha value is -0.380. The number of hydrogen-bond acceptors (Lipinski definition) is 3. The number of thiol groups is 1. The Labute approximate surface area is 98.4 Å². The van der Waals surface area contributed by atoms with Crippen LogP contribution in [0, 0.1) is 0 Å². The van der Waals surface area contributed by atoms with E-state index >= 15 is 0 Å². The topological polar surface area (TPSA) is 38.3 Å². The molecule has 0 aliphatic heterocycles. The average Bonchev–Trinajstić information content (AvgIpc) is 2.08. The van der Waals surface area contributed by atoms with E-state index in [4.69, 9.17) is 4.74 Å². The molecule has 0 fully saturated rings. The van der Waals surface area contributed by atoms with Gasteiger partial charge in [-0.1, -0.05) is 12.8 Å². The van der Waals surface area contributed by atoms with Crippen LogP contribution in [0.15, 0.2) is 0 Å². The summed E-state index contributed by atoms with van der Waals surface area (Å²) in [6.45, 7) is 6.28. The predicted molar refractivity (Wildman–Crippen MR) is 66.6 cm³/mol. The number of alkyl carbamates (subject to hydrolysis) is 1. The van der Waals surface area contributed by atoms with E-state index in [2.05, 4.69) is 17.9 Å². The van der Waals surface area contributed by atoms with Crippen molar-refractivity contribution in [1.29, 1.82) is 0 Å². The lowest BCUT2D eigenvalue weighted by Crippen LogP contribution is -2.32. The third kappa shape index (κ3) is 11.5. The maximum Gasteiger partial charge on any atom is 0.407 e. The number of ether oxygens (including phenoxy) is 1. The summed E-state index contributed by atoms with van der Waals surface area (Å²) >= 11 is 4.14. The molecule has 0 saturated heterocycles. The predicted octanol–water partition coefficient (Wildman–Crippen LogP) is 3.00. The van der Waals surface area contributed by atoms with E-state index < -0.39 is 5.60 Å². The Balaban J connectivity index is 3.32. The van der Waals surface area contributed by atoms with Crippen LogP contribution < -0.4 is 5.32 Å². The van der Waals surface area contributed by atoms with Crippen molar-refractivity contribution in [2.45, 2.75) is 52.1 Å². The Bertz CT molecular complexity index is 178. The minimum atomic E-state index is -0.407. The molecule has 0 aliphatic rings. The summed E-state index contributed by atoms with van der Waals surface area (Å²) in [7, 11) is 0. The first-order chi connectivity index (χ1) is 6.95. The van der Waals surface area contributed by atoms with Gasteiger partial charge in [0.05, 0.1) is 0 Å². The van der Waals surface area contributed by atoms with Crippen LogP contribution in [0.4, 0.5) is 4.79 Å². The molecule has 90 valence electrons. The molecule has 0 atom stereocenters. The van der Waals surface area contributed by atoms with E-state index in [9.17, 15) is 4.79 Å². The molecule has 0 rings (SSSR count). The van der Waals surface area contributed by atoms with Gasteiger partial charge in [-0.3, -0.25) is 0 Å². The quantitative estimate of drug-likeness (QED) is 0.547. The summed E-state index contributed by atoms with van der Waals surface area (Å²) in [6, 6.07) is 0. The fraction of sp³-hybridized carbons (Fsp3) is 0.909. The highest BCUT2D eigenvalue weighted by Gasteiger charge is 2.15. The van der Waals surface area contributed by atoms with Crippen LogP contribution in [0.1, 0.15) is 46.5 Å². The highest BCUT2D eigenvalue weighted by atomic mass is 32.1. The molecule has 0 aromatic rings. The summed E-state index contributed by atoms with van der Waals surface area (Å²) in [5.74, 6) is 0.944. The van der Waals surface area contributed by atoms with Crippen LogP contribution in [0.25, 0.3) is 0 Å². The molecular weight excluding hydrogens is 210 g/mol. The molecule has 0 aromatic carbocycles. The first-order valence-electron chi connectivity index (χ1n) is 5.53. The fourth-order valence-corrected chi connectivity index (χ4v) is 1.32. The first kappa shape index (κ1) is 14.6. The maximum atomic E-state index is 11.2. The minimum absolute atomic E-state index is 0.323. The van der Waals surface area contributed by atoms with Gasteiger partial charge >= 0.3 is 6.09 Å². The van der Waals surface area contributed by atoms with Crippen molar-refractivity contribution in [2.75, 3.05) is 12.3 Å². The molecule has 0 aliphatic carbocycles. The van der Waals surface area contributed by atoms with Crippen molar-refractivity contribution in [3.8, 4) is 0 Å². The van der Waals surface area contributed by atoms with E-state index in [1.165, 1.54) is 6.42 Å². The van der Waals surface area contributed by atoms with Crippen molar-refractivity contribution in [3.05, 3.63) is 0 Å². The highest BCUT2D eigenvalue weighted by Crippen LogP contribution is 2.06.